The van der Waals surface area contributed by atoms with Crippen LogP contribution in [0.1, 0.15) is 23.2 Å². The Morgan fingerprint density at radius 2 is 2.07 bits per heavy atom. The van der Waals surface area contributed by atoms with E-state index in [4.69, 9.17) is 0 Å². The molecule has 0 bridgehead atoms. The average Bonchev–Trinajstić information content (AvgIpc) is 2.79. The first-order chi connectivity index (χ1) is 13.0. The second-order valence-corrected chi connectivity index (χ2v) is 8.09. The molecule has 4 rings (SSSR count). The molecule has 4 nitrogen and oxygen atoms in total. The summed E-state index contributed by atoms with van der Waals surface area (Å²) in [6, 6.07) is 11.9. The summed E-state index contributed by atoms with van der Waals surface area (Å²) in [7, 11) is 0. The molecule has 0 radical (unpaired) electrons. The second kappa shape index (κ2) is 6.87. The van der Waals surface area contributed by atoms with Gasteiger partial charge in [0, 0.05) is 34.1 Å². The van der Waals surface area contributed by atoms with Crippen LogP contribution in [-0.2, 0) is 22.5 Å². The van der Waals surface area contributed by atoms with Crippen molar-refractivity contribution in [1.82, 2.24) is 4.57 Å². The van der Waals surface area contributed by atoms with Crippen LogP contribution in [-0.4, -0.2) is 25.9 Å². The van der Waals surface area contributed by atoms with Crippen LogP contribution in [0.4, 0.5) is 4.39 Å². The van der Waals surface area contributed by atoms with Gasteiger partial charge in [-0.05, 0) is 54.0 Å². The number of halogens is 1. The van der Waals surface area contributed by atoms with Gasteiger partial charge in [0.2, 0.25) is 0 Å². The molecule has 6 heteroatoms. The number of allylic oxidation sites excluding steroid dienone is 1. The van der Waals surface area contributed by atoms with Gasteiger partial charge < -0.3 is 14.2 Å². The van der Waals surface area contributed by atoms with Crippen molar-refractivity contribution in [1.29, 1.82) is 0 Å². The van der Waals surface area contributed by atoms with E-state index in [1.165, 1.54) is 12.1 Å². The second-order valence-electron chi connectivity index (χ2n) is 6.55. The van der Waals surface area contributed by atoms with Gasteiger partial charge in [-0.1, -0.05) is 18.2 Å². The molecule has 3 aromatic rings. The molecule has 0 aliphatic carbocycles. The summed E-state index contributed by atoms with van der Waals surface area (Å²) in [6.45, 7) is 1.65. The van der Waals surface area contributed by atoms with Gasteiger partial charge in [-0.25, -0.2) is 4.39 Å². The van der Waals surface area contributed by atoms with E-state index in [0.717, 1.165) is 27.3 Å². The van der Waals surface area contributed by atoms with Crippen molar-refractivity contribution in [2.45, 2.75) is 24.8 Å². The van der Waals surface area contributed by atoms with Crippen molar-refractivity contribution in [3.05, 3.63) is 71.2 Å². The predicted octanol–water partition coefficient (Wildman–Crippen LogP) is 4.12. The Balaban J connectivity index is 2.03. The molecule has 1 unspecified atom stereocenters. The maximum absolute atomic E-state index is 14.0. The van der Waals surface area contributed by atoms with Gasteiger partial charge in [-0.2, -0.15) is 0 Å². The third-order valence-corrected chi connectivity index (χ3v) is 6.38. The van der Waals surface area contributed by atoms with Gasteiger partial charge >= 0.3 is 5.97 Å². The lowest BCUT2D eigenvalue weighted by Crippen LogP contribution is -2.10. The van der Waals surface area contributed by atoms with Crippen LogP contribution < -0.4 is 0 Å². The molecular weight excluding hydrogens is 365 g/mol. The van der Waals surface area contributed by atoms with Crippen molar-refractivity contribution < 1.29 is 18.8 Å². The molecule has 1 aliphatic heterocycles. The molecule has 0 fully saturated rings. The summed E-state index contributed by atoms with van der Waals surface area (Å²) < 4.78 is 28.3. The zero-order chi connectivity index (χ0) is 19.1. The molecule has 1 N–H and O–H groups in total. The first-order valence-electron chi connectivity index (χ1n) is 8.66. The third-order valence-electron chi connectivity index (χ3n) is 4.92. The van der Waals surface area contributed by atoms with E-state index in [0.29, 0.717) is 23.1 Å². The number of hydrogen-bond acceptors (Lipinski definition) is 2. The summed E-state index contributed by atoms with van der Waals surface area (Å²) >= 11 is -1.10. The number of carboxylic acids is 1. The van der Waals surface area contributed by atoms with Gasteiger partial charge in [0.05, 0.1) is 0 Å². The number of fused-ring (bicyclic) bond motifs is 2. The lowest BCUT2D eigenvalue weighted by atomic mass is 9.94. The highest BCUT2D eigenvalue weighted by atomic mass is 32.2. The number of nitrogens with zero attached hydrogens (tertiary/aromatic N) is 1. The molecule has 0 amide bonds. The van der Waals surface area contributed by atoms with Gasteiger partial charge in [0.1, 0.15) is 18.1 Å². The van der Waals surface area contributed by atoms with E-state index in [-0.39, 0.29) is 12.4 Å². The minimum atomic E-state index is -1.10. The number of carbonyl (C=O) groups is 1. The molecule has 27 heavy (non-hydrogen) atoms. The topological polar surface area (TPSA) is 65.3 Å². The Morgan fingerprint density at radius 3 is 2.85 bits per heavy atom. The Bertz CT molecular complexity index is 1090. The number of aliphatic carboxylic acids is 1. The summed E-state index contributed by atoms with van der Waals surface area (Å²) in [5.41, 5.74) is 3.97. The molecule has 1 atom stereocenters. The SMILES string of the molecule is Cc1c(C2=CCC[S+]([O-])c3ccccc32)c2cc(F)ccc2n1CC(=O)O. The fraction of sp³-hybridized carbons (Fsp3) is 0.190. The number of aromatic nitrogens is 1. The molecular formula is C21H18FNO3S. The van der Waals surface area contributed by atoms with E-state index >= 15 is 0 Å². The van der Waals surface area contributed by atoms with Gasteiger partial charge in [0.25, 0.3) is 0 Å². The first kappa shape index (κ1) is 17.8. The Morgan fingerprint density at radius 1 is 1.30 bits per heavy atom. The quantitative estimate of drug-likeness (QED) is 0.692. The van der Waals surface area contributed by atoms with Crippen LogP contribution in [0, 0.1) is 12.7 Å². The summed E-state index contributed by atoms with van der Waals surface area (Å²) in [6.07, 6.45) is 2.67. The average molecular weight is 383 g/mol. The van der Waals surface area contributed by atoms with Crippen LogP contribution in [0.2, 0.25) is 0 Å². The Hall–Kier alpha value is -2.57. The number of carboxylic acid groups (broad SMARTS) is 1. The smallest absolute Gasteiger partial charge is 0.323 e. The van der Waals surface area contributed by atoms with Gasteiger partial charge in [0.15, 0.2) is 4.90 Å². The standard InChI is InChI=1S/C21H18FNO3S/c1-13-21(16-6-4-10-27(26)19-7-3-2-5-15(16)19)17-11-14(22)8-9-18(17)23(13)12-20(24)25/h2-3,5-9,11H,4,10,12H2,1H3,(H,24,25). The molecule has 1 aliphatic rings. The van der Waals surface area contributed by atoms with Crippen LogP contribution in [0.3, 0.4) is 0 Å². The minimum absolute atomic E-state index is 0.200. The maximum atomic E-state index is 14.0. The zero-order valence-corrected chi connectivity index (χ0v) is 15.6. The Labute approximate surface area is 159 Å². The lowest BCUT2D eigenvalue weighted by molar-refractivity contribution is -0.137. The van der Waals surface area contributed by atoms with Crippen molar-refractivity contribution in [2.24, 2.45) is 0 Å². The summed E-state index contributed by atoms with van der Waals surface area (Å²) in [5.74, 6) is -0.800. The summed E-state index contributed by atoms with van der Waals surface area (Å²) in [4.78, 5) is 12.1. The van der Waals surface area contributed by atoms with Gasteiger partial charge in [-0.15, -0.1) is 0 Å². The molecule has 138 valence electrons. The van der Waals surface area contributed by atoms with Crippen LogP contribution in [0.15, 0.2) is 53.4 Å². The van der Waals surface area contributed by atoms with Crippen LogP contribution in [0.5, 0.6) is 0 Å². The largest absolute Gasteiger partial charge is 0.611 e. The van der Waals surface area contributed by atoms with Gasteiger partial charge in [-0.3, -0.25) is 4.79 Å². The maximum Gasteiger partial charge on any atom is 0.323 e. The summed E-state index contributed by atoms with van der Waals surface area (Å²) in [5, 5.41) is 9.98. The van der Waals surface area contributed by atoms with Crippen LogP contribution >= 0.6 is 0 Å². The van der Waals surface area contributed by atoms with Crippen molar-refractivity contribution >= 4 is 33.6 Å². The van der Waals surface area contributed by atoms with Crippen molar-refractivity contribution in [3.63, 3.8) is 0 Å². The number of benzene rings is 2. The van der Waals surface area contributed by atoms with E-state index in [1.54, 1.807) is 10.6 Å². The lowest BCUT2D eigenvalue weighted by Gasteiger charge is -2.13. The van der Waals surface area contributed by atoms with E-state index in [9.17, 15) is 18.8 Å². The Kier molecular flexibility index (Phi) is 4.53. The molecule has 1 aromatic heterocycles. The molecule has 0 saturated carbocycles. The van der Waals surface area contributed by atoms with E-state index < -0.39 is 17.1 Å². The monoisotopic (exact) mass is 383 g/mol. The minimum Gasteiger partial charge on any atom is -0.611 e. The van der Waals surface area contributed by atoms with E-state index in [1.807, 2.05) is 37.3 Å². The molecule has 0 saturated heterocycles. The highest BCUT2D eigenvalue weighted by Crippen LogP contribution is 2.39. The highest BCUT2D eigenvalue weighted by Gasteiger charge is 2.26. The normalized spacial score (nSPS) is 16.7. The highest BCUT2D eigenvalue weighted by molar-refractivity contribution is 7.91. The third kappa shape index (κ3) is 3.05. The van der Waals surface area contributed by atoms with Crippen LogP contribution in [0.25, 0.3) is 16.5 Å². The predicted molar refractivity (Wildman–Crippen MR) is 104 cm³/mol. The molecule has 2 aromatic carbocycles. The number of hydrogen-bond donors (Lipinski definition) is 1. The zero-order valence-electron chi connectivity index (χ0n) is 14.7. The van der Waals surface area contributed by atoms with E-state index in [2.05, 4.69) is 0 Å². The fourth-order valence-electron chi connectivity index (χ4n) is 3.79. The number of rotatable bonds is 3. The first-order valence-corrected chi connectivity index (χ1v) is 9.97. The molecule has 0 spiro atoms. The van der Waals surface area contributed by atoms with Crippen molar-refractivity contribution in [2.75, 3.05) is 5.75 Å². The molecule has 2 heterocycles. The fourth-order valence-corrected chi connectivity index (χ4v) is 4.99. The van der Waals surface area contributed by atoms with Crippen molar-refractivity contribution in [3.8, 4) is 0 Å².